The van der Waals surface area contributed by atoms with E-state index < -0.39 is 25.7 Å². The number of anilines is 2. The molecule has 202 valence electrons. The lowest BCUT2D eigenvalue weighted by Gasteiger charge is -2.35. The Bertz CT molecular complexity index is 1740. The molecule has 0 heterocycles. The molecule has 0 aliphatic heterocycles. The fourth-order valence-electron chi connectivity index (χ4n) is 5.77. The highest BCUT2D eigenvalue weighted by molar-refractivity contribution is 7.86. The first-order valence-corrected chi connectivity index (χ1v) is 14.9. The molecule has 0 spiro atoms. The van der Waals surface area contributed by atoms with Gasteiger partial charge in [0.2, 0.25) is 0 Å². The van der Waals surface area contributed by atoms with E-state index in [0.29, 0.717) is 44.8 Å². The van der Waals surface area contributed by atoms with E-state index in [-0.39, 0.29) is 9.79 Å². The molecule has 0 saturated carbocycles. The van der Waals surface area contributed by atoms with E-state index in [0.717, 1.165) is 22.3 Å². The lowest BCUT2D eigenvalue weighted by molar-refractivity contribution is 0.481. The summed E-state index contributed by atoms with van der Waals surface area (Å²) in [5.41, 5.74) is 19.4. The summed E-state index contributed by atoms with van der Waals surface area (Å²) >= 11 is 0. The van der Waals surface area contributed by atoms with Crippen LogP contribution in [0, 0.1) is 27.7 Å². The molecular weight excluding hydrogens is 536 g/mol. The quantitative estimate of drug-likeness (QED) is 0.176. The van der Waals surface area contributed by atoms with E-state index in [1.54, 1.807) is 12.1 Å². The zero-order chi connectivity index (χ0) is 28.7. The molecule has 4 aromatic carbocycles. The molecule has 1 aliphatic rings. The normalized spacial score (nSPS) is 14.2. The van der Waals surface area contributed by atoms with E-state index in [4.69, 9.17) is 11.5 Å². The minimum Gasteiger partial charge on any atom is -0.398 e. The van der Waals surface area contributed by atoms with Crippen LogP contribution in [0.5, 0.6) is 0 Å². The minimum atomic E-state index is -4.58. The molecule has 0 fully saturated rings. The smallest absolute Gasteiger partial charge is 0.294 e. The second-order valence-electron chi connectivity index (χ2n) is 10.2. The first kappa shape index (κ1) is 26.9. The molecule has 6 N–H and O–H groups in total. The fraction of sp³-hybridized carbons (Fsp3) is 0.172. The van der Waals surface area contributed by atoms with Crippen LogP contribution in [0.4, 0.5) is 11.4 Å². The summed E-state index contributed by atoms with van der Waals surface area (Å²) in [6.07, 6.45) is 0. The van der Waals surface area contributed by atoms with Gasteiger partial charge in [-0.3, -0.25) is 9.11 Å². The zero-order valence-corrected chi connectivity index (χ0v) is 23.4. The molecule has 0 radical (unpaired) electrons. The summed E-state index contributed by atoms with van der Waals surface area (Å²) in [6, 6.07) is 16.2. The molecule has 39 heavy (non-hydrogen) atoms. The molecule has 0 bridgehead atoms. The molecule has 1 aliphatic carbocycles. The lowest BCUT2D eigenvalue weighted by Crippen LogP contribution is -2.30. The van der Waals surface area contributed by atoms with E-state index in [2.05, 4.69) is 0 Å². The van der Waals surface area contributed by atoms with Crippen LogP contribution >= 0.6 is 0 Å². The third-order valence-corrected chi connectivity index (χ3v) is 9.43. The van der Waals surface area contributed by atoms with E-state index >= 15 is 0 Å². The number of rotatable bonds is 4. The lowest BCUT2D eigenvalue weighted by atomic mass is 9.66. The Labute approximate surface area is 227 Å². The molecule has 0 unspecified atom stereocenters. The van der Waals surface area contributed by atoms with Gasteiger partial charge in [0.1, 0.15) is 0 Å². The monoisotopic (exact) mass is 564 g/mol. The summed E-state index contributed by atoms with van der Waals surface area (Å²) in [6.45, 7) is 7.44. The van der Waals surface area contributed by atoms with Gasteiger partial charge >= 0.3 is 0 Å². The van der Waals surface area contributed by atoms with Gasteiger partial charge in [-0.25, -0.2) is 0 Å². The second-order valence-corrected chi connectivity index (χ2v) is 13.0. The fourth-order valence-corrected chi connectivity index (χ4v) is 6.79. The summed E-state index contributed by atoms with van der Waals surface area (Å²) in [5, 5.41) is 0. The first-order chi connectivity index (χ1) is 18.1. The van der Waals surface area contributed by atoms with Crippen LogP contribution in [0.15, 0.2) is 70.5 Å². The van der Waals surface area contributed by atoms with Crippen molar-refractivity contribution in [2.24, 2.45) is 0 Å². The van der Waals surface area contributed by atoms with Crippen LogP contribution < -0.4 is 11.5 Å². The Balaban J connectivity index is 2.08. The highest BCUT2D eigenvalue weighted by Crippen LogP contribution is 2.57. The number of nitrogen functional groups attached to an aromatic ring is 2. The van der Waals surface area contributed by atoms with Gasteiger partial charge < -0.3 is 11.5 Å². The maximum absolute atomic E-state index is 12.3. The van der Waals surface area contributed by atoms with Crippen LogP contribution in [-0.4, -0.2) is 25.9 Å². The van der Waals surface area contributed by atoms with Crippen LogP contribution in [0.3, 0.4) is 0 Å². The minimum absolute atomic E-state index is 0.304. The summed E-state index contributed by atoms with van der Waals surface area (Å²) < 4.78 is 69.1. The van der Waals surface area contributed by atoms with Crippen LogP contribution in [0.1, 0.15) is 44.5 Å². The van der Waals surface area contributed by atoms with Gasteiger partial charge in [-0.1, -0.05) is 36.4 Å². The van der Waals surface area contributed by atoms with Crippen molar-refractivity contribution < 1.29 is 25.9 Å². The molecule has 0 saturated heterocycles. The first-order valence-electron chi connectivity index (χ1n) is 12.1. The van der Waals surface area contributed by atoms with Crippen molar-refractivity contribution in [2.75, 3.05) is 11.5 Å². The summed E-state index contributed by atoms with van der Waals surface area (Å²) in [7, 11) is -9.16. The zero-order valence-electron chi connectivity index (χ0n) is 21.8. The number of fused-ring (bicyclic) bond motifs is 3. The summed E-state index contributed by atoms with van der Waals surface area (Å²) in [4.78, 5) is -0.609. The average Bonchev–Trinajstić information content (AvgIpc) is 3.14. The third-order valence-electron chi connectivity index (χ3n) is 7.73. The maximum atomic E-state index is 12.3. The molecule has 0 aromatic heterocycles. The number of nitrogens with two attached hydrogens (primary N) is 2. The maximum Gasteiger partial charge on any atom is 0.294 e. The van der Waals surface area contributed by atoms with E-state index in [1.807, 2.05) is 52.0 Å². The van der Waals surface area contributed by atoms with Crippen molar-refractivity contribution in [3.63, 3.8) is 0 Å². The second kappa shape index (κ2) is 8.65. The number of benzene rings is 4. The standard InChI is InChI=1S/C29H28N2O6S2/c1-15-9-19(10-16(2)27(15)30)29(20-11-17(3)28(31)18(4)12-20)25-13-21(38(32,33)34)5-7-23(25)24-8-6-22(14-26(24)29)39(35,36)37/h5-14H,30-31H2,1-4H3,(H,32,33,34)(H,35,36,37). The largest absolute Gasteiger partial charge is 0.398 e. The molecule has 8 nitrogen and oxygen atoms in total. The Morgan fingerprint density at radius 1 is 0.564 bits per heavy atom. The van der Waals surface area contributed by atoms with Crippen molar-refractivity contribution in [1.29, 1.82) is 0 Å². The van der Waals surface area contributed by atoms with Crippen molar-refractivity contribution in [3.8, 4) is 11.1 Å². The Hall–Kier alpha value is -3.70. The van der Waals surface area contributed by atoms with Gasteiger partial charge in [-0.15, -0.1) is 0 Å². The Morgan fingerprint density at radius 3 is 1.15 bits per heavy atom. The molecule has 0 amide bonds. The SMILES string of the molecule is Cc1cc(C2(c3cc(C)c(N)c(C)c3)c3cc(S(=O)(=O)O)ccc3-c3ccc(S(=O)(=O)O)cc32)cc(C)c1N. The van der Waals surface area contributed by atoms with Crippen LogP contribution in [0.25, 0.3) is 11.1 Å². The average molecular weight is 565 g/mol. The number of hydrogen-bond donors (Lipinski definition) is 4. The predicted molar refractivity (Wildman–Crippen MR) is 151 cm³/mol. The van der Waals surface area contributed by atoms with E-state index in [1.165, 1.54) is 24.3 Å². The van der Waals surface area contributed by atoms with Gasteiger partial charge in [0.15, 0.2) is 0 Å². The molecular formula is C29H28N2O6S2. The topological polar surface area (TPSA) is 161 Å². The van der Waals surface area contributed by atoms with Crippen molar-refractivity contribution >= 4 is 31.6 Å². The van der Waals surface area contributed by atoms with Crippen molar-refractivity contribution in [2.45, 2.75) is 42.9 Å². The molecule has 5 rings (SSSR count). The number of aryl methyl sites for hydroxylation is 4. The van der Waals surface area contributed by atoms with Gasteiger partial charge in [0.25, 0.3) is 20.2 Å². The van der Waals surface area contributed by atoms with Crippen molar-refractivity contribution in [1.82, 2.24) is 0 Å². The van der Waals surface area contributed by atoms with Gasteiger partial charge in [-0.05, 0) is 108 Å². The molecule has 0 atom stereocenters. The van der Waals surface area contributed by atoms with Crippen LogP contribution in [0.2, 0.25) is 0 Å². The molecule has 4 aromatic rings. The van der Waals surface area contributed by atoms with Gasteiger partial charge in [0, 0.05) is 11.4 Å². The summed E-state index contributed by atoms with van der Waals surface area (Å²) in [5.74, 6) is 0. The van der Waals surface area contributed by atoms with E-state index in [9.17, 15) is 25.9 Å². The third kappa shape index (κ3) is 4.02. The highest BCUT2D eigenvalue weighted by Gasteiger charge is 2.48. The van der Waals surface area contributed by atoms with Crippen molar-refractivity contribution in [3.05, 3.63) is 105 Å². The van der Waals surface area contributed by atoms with Gasteiger partial charge in [0.05, 0.1) is 15.2 Å². The highest BCUT2D eigenvalue weighted by atomic mass is 32.2. The van der Waals surface area contributed by atoms with Gasteiger partial charge in [-0.2, -0.15) is 16.8 Å². The predicted octanol–water partition coefficient (Wildman–Crippen LogP) is 4.94. The Kier molecular flexibility index (Phi) is 5.97. The molecule has 10 heteroatoms. The number of hydrogen-bond acceptors (Lipinski definition) is 6. The Morgan fingerprint density at radius 2 is 0.872 bits per heavy atom. The van der Waals surface area contributed by atoms with Crippen LogP contribution in [-0.2, 0) is 25.7 Å².